The molecule has 3 aromatic rings. The Morgan fingerprint density at radius 3 is 2.40 bits per heavy atom. The molecular weight excluding hydrogens is 316 g/mol. The summed E-state index contributed by atoms with van der Waals surface area (Å²) >= 11 is 0. The number of amides is 1. The van der Waals surface area contributed by atoms with Gasteiger partial charge in [0.2, 0.25) is 0 Å². The van der Waals surface area contributed by atoms with Crippen molar-refractivity contribution in [2.24, 2.45) is 0 Å². The number of aromatic nitrogens is 1. The number of nitrogens with one attached hydrogen (secondary N) is 1. The summed E-state index contributed by atoms with van der Waals surface area (Å²) in [6.07, 6.45) is 5.05. The summed E-state index contributed by atoms with van der Waals surface area (Å²) in [6.45, 7) is 0.177. The SMILES string of the molecule is O=C(Nc1ccc(C2(CO)CC2)cc1)c1ccc(-c2cnco2)cc1. The van der Waals surface area contributed by atoms with Gasteiger partial charge in [0.05, 0.1) is 12.8 Å². The maximum Gasteiger partial charge on any atom is 0.255 e. The van der Waals surface area contributed by atoms with Crippen LogP contribution < -0.4 is 5.32 Å². The summed E-state index contributed by atoms with van der Waals surface area (Å²) in [5.41, 5.74) is 3.25. The molecule has 1 aliphatic carbocycles. The first-order chi connectivity index (χ1) is 12.2. The van der Waals surface area contributed by atoms with Crippen LogP contribution in [0.15, 0.2) is 65.5 Å². The number of oxazole rings is 1. The Labute approximate surface area is 145 Å². The Bertz CT molecular complexity index is 864. The number of anilines is 1. The second kappa shape index (κ2) is 6.18. The largest absolute Gasteiger partial charge is 0.444 e. The van der Waals surface area contributed by atoms with Gasteiger partial charge in [0.1, 0.15) is 0 Å². The van der Waals surface area contributed by atoms with Crippen molar-refractivity contribution in [3.8, 4) is 11.3 Å². The molecule has 2 aromatic carbocycles. The molecule has 2 N–H and O–H groups in total. The zero-order valence-electron chi connectivity index (χ0n) is 13.6. The van der Waals surface area contributed by atoms with Crippen molar-refractivity contribution in [2.45, 2.75) is 18.3 Å². The third kappa shape index (κ3) is 3.06. The van der Waals surface area contributed by atoms with Gasteiger partial charge in [-0.1, -0.05) is 24.3 Å². The molecule has 126 valence electrons. The maximum atomic E-state index is 12.4. The molecule has 1 amide bonds. The number of nitrogens with zero attached hydrogens (tertiary/aromatic N) is 1. The predicted octanol–water partition coefficient (Wildman–Crippen LogP) is 3.62. The Morgan fingerprint density at radius 1 is 1.12 bits per heavy atom. The summed E-state index contributed by atoms with van der Waals surface area (Å²) in [5.74, 6) is 0.501. The van der Waals surface area contributed by atoms with Crippen molar-refractivity contribution in [3.63, 3.8) is 0 Å². The van der Waals surface area contributed by atoms with Gasteiger partial charge in [-0.25, -0.2) is 4.98 Å². The van der Waals surface area contributed by atoms with E-state index in [1.807, 2.05) is 36.4 Å². The van der Waals surface area contributed by atoms with Gasteiger partial charge in [0.15, 0.2) is 12.2 Å². The van der Waals surface area contributed by atoms with E-state index in [2.05, 4.69) is 10.3 Å². The monoisotopic (exact) mass is 334 g/mol. The third-order valence-electron chi connectivity index (χ3n) is 4.78. The van der Waals surface area contributed by atoms with Crippen LogP contribution in [0.1, 0.15) is 28.8 Å². The van der Waals surface area contributed by atoms with Crippen molar-refractivity contribution >= 4 is 11.6 Å². The van der Waals surface area contributed by atoms with Crippen LogP contribution in [0, 0.1) is 0 Å². The topological polar surface area (TPSA) is 75.4 Å². The summed E-state index contributed by atoms with van der Waals surface area (Å²) in [6, 6.07) is 14.9. The molecule has 1 saturated carbocycles. The highest BCUT2D eigenvalue weighted by Gasteiger charge is 2.43. The van der Waals surface area contributed by atoms with E-state index >= 15 is 0 Å². The second-order valence-electron chi connectivity index (χ2n) is 6.41. The van der Waals surface area contributed by atoms with E-state index in [1.54, 1.807) is 18.3 Å². The quantitative estimate of drug-likeness (QED) is 0.747. The molecule has 5 heteroatoms. The van der Waals surface area contributed by atoms with E-state index in [9.17, 15) is 9.90 Å². The lowest BCUT2D eigenvalue weighted by Crippen LogP contribution is -2.13. The fourth-order valence-electron chi connectivity index (χ4n) is 2.94. The molecular formula is C20H18N2O3. The van der Waals surface area contributed by atoms with Crippen LogP contribution in [0.5, 0.6) is 0 Å². The zero-order valence-corrected chi connectivity index (χ0v) is 13.6. The van der Waals surface area contributed by atoms with Gasteiger partial charge in [0, 0.05) is 22.2 Å². The molecule has 1 aliphatic rings. The maximum absolute atomic E-state index is 12.4. The standard InChI is InChI=1S/C20H18N2O3/c23-12-20(9-10-20)16-5-7-17(8-6-16)22-19(24)15-3-1-14(2-4-15)18-11-21-13-25-18/h1-8,11,13,23H,9-10,12H2,(H,22,24). The minimum Gasteiger partial charge on any atom is -0.444 e. The smallest absolute Gasteiger partial charge is 0.255 e. The molecule has 0 saturated heterocycles. The van der Waals surface area contributed by atoms with Gasteiger partial charge >= 0.3 is 0 Å². The van der Waals surface area contributed by atoms with Gasteiger partial charge in [-0.2, -0.15) is 0 Å². The minimum atomic E-state index is -0.167. The number of aliphatic hydroxyl groups is 1. The van der Waals surface area contributed by atoms with Crippen molar-refractivity contribution in [1.29, 1.82) is 0 Å². The van der Waals surface area contributed by atoms with Gasteiger partial charge in [-0.05, 0) is 42.7 Å². The average Bonchev–Trinajstić information content (AvgIpc) is 3.27. The number of hydrogen-bond donors (Lipinski definition) is 2. The van der Waals surface area contributed by atoms with Crippen LogP contribution in [0.2, 0.25) is 0 Å². The van der Waals surface area contributed by atoms with Crippen molar-refractivity contribution in [2.75, 3.05) is 11.9 Å². The van der Waals surface area contributed by atoms with E-state index in [0.717, 1.165) is 29.7 Å². The summed E-state index contributed by atoms with van der Waals surface area (Å²) in [5, 5.41) is 12.4. The molecule has 1 fully saturated rings. The molecule has 1 aromatic heterocycles. The highest BCUT2D eigenvalue weighted by atomic mass is 16.3. The van der Waals surface area contributed by atoms with E-state index in [-0.39, 0.29) is 17.9 Å². The van der Waals surface area contributed by atoms with Gasteiger partial charge in [-0.3, -0.25) is 4.79 Å². The number of benzene rings is 2. The molecule has 0 atom stereocenters. The third-order valence-corrected chi connectivity index (χ3v) is 4.78. The molecule has 0 aliphatic heterocycles. The van der Waals surface area contributed by atoms with E-state index in [1.165, 1.54) is 6.39 Å². The lowest BCUT2D eigenvalue weighted by molar-refractivity contribution is 0.102. The fourth-order valence-corrected chi connectivity index (χ4v) is 2.94. The minimum absolute atomic E-state index is 0.0565. The van der Waals surface area contributed by atoms with E-state index < -0.39 is 0 Å². The van der Waals surface area contributed by atoms with Crippen LogP contribution in [0.4, 0.5) is 5.69 Å². The highest BCUT2D eigenvalue weighted by molar-refractivity contribution is 6.04. The Hall–Kier alpha value is -2.92. The summed E-state index contributed by atoms with van der Waals surface area (Å²) in [7, 11) is 0. The molecule has 0 spiro atoms. The van der Waals surface area contributed by atoms with Gasteiger partial charge in [0.25, 0.3) is 5.91 Å². The van der Waals surface area contributed by atoms with Gasteiger partial charge in [-0.15, -0.1) is 0 Å². The Morgan fingerprint density at radius 2 is 1.84 bits per heavy atom. The first-order valence-corrected chi connectivity index (χ1v) is 8.22. The number of carbonyl (C=O) groups is 1. The molecule has 0 radical (unpaired) electrons. The summed E-state index contributed by atoms with van der Waals surface area (Å²) in [4.78, 5) is 16.3. The molecule has 0 bridgehead atoms. The van der Waals surface area contributed by atoms with Gasteiger partial charge < -0.3 is 14.8 Å². The molecule has 1 heterocycles. The first-order valence-electron chi connectivity index (χ1n) is 8.22. The summed E-state index contributed by atoms with van der Waals surface area (Å²) < 4.78 is 5.24. The van der Waals surface area contributed by atoms with Crippen LogP contribution in [0.3, 0.4) is 0 Å². The van der Waals surface area contributed by atoms with Crippen molar-refractivity contribution in [1.82, 2.24) is 4.98 Å². The number of rotatable bonds is 5. The Balaban J connectivity index is 1.45. The predicted molar refractivity (Wildman–Crippen MR) is 94.3 cm³/mol. The average molecular weight is 334 g/mol. The van der Waals surface area contributed by atoms with Crippen LogP contribution in [-0.4, -0.2) is 22.6 Å². The number of hydrogen-bond acceptors (Lipinski definition) is 4. The molecule has 5 nitrogen and oxygen atoms in total. The van der Waals surface area contributed by atoms with Crippen molar-refractivity contribution in [3.05, 3.63) is 72.2 Å². The van der Waals surface area contributed by atoms with E-state index in [0.29, 0.717) is 11.3 Å². The van der Waals surface area contributed by atoms with Crippen LogP contribution >= 0.6 is 0 Å². The zero-order chi connectivity index (χ0) is 17.3. The highest BCUT2D eigenvalue weighted by Crippen LogP contribution is 2.47. The number of aliphatic hydroxyl groups excluding tert-OH is 1. The normalized spacial score (nSPS) is 14.9. The van der Waals surface area contributed by atoms with Crippen molar-refractivity contribution < 1.29 is 14.3 Å². The fraction of sp³-hybridized carbons (Fsp3) is 0.200. The Kier molecular flexibility index (Phi) is 3.86. The number of carbonyl (C=O) groups excluding carboxylic acids is 1. The lowest BCUT2D eigenvalue weighted by Gasteiger charge is -2.13. The second-order valence-corrected chi connectivity index (χ2v) is 6.41. The lowest BCUT2D eigenvalue weighted by atomic mass is 9.97. The first kappa shape index (κ1) is 15.6. The molecule has 0 unspecified atom stereocenters. The molecule has 4 rings (SSSR count). The van der Waals surface area contributed by atoms with E-state index in [4.69, 9.17) is 4.42 Å². The van der Waals surface area contributed by atoms with Crippen LogP contribution in [-0.2, 0) is 5.41 Å². The molecule has 25 heavy (non-hydrogen) atoms. The van der Waals surface area contributed by atoms with Crippen LogP contribution in [0.25, 0.3) is 11.3 Å².